The van der Waals surface area contributed by atoms with E-state index >= 15 is 0 Å². The van der Waals surface area contributed by atoms with Crippen molar-refractivity contribution in [1.29, 1.82) is 0 Å². The van der Waals surface area contributed by atoms with Crippen molar-refractivity contribution in [2.75, 3.05) is 18.5 Å². The summed E-state index contributed by atoms with van der Waals surface area (Å²) in [5, 5.41) is 2.80. The third-order valence-corrected chi connectivity index (χ3v) is 6.79. The monoisotopic (exact) mass is 391 g/mol. The van der Waals surface area contributed by atoms with Crippen LogP contribution in [0, 0.1) is 5.92 Å². The predicted molar refractivity (Wildman–Crippen MR) is 96.2 cm³/mol. The lowest BCUT2D eigenvalue weighted by Crippen LogP contribution is -2.54. The molecule has 1 N–H and O–H groups in total. The van der Waals surface area contributed by atoms with Gasteiger partial charge in [0, 0.05) is 32.6 Å². The van der Waals surface area contributed by atoms with Crippen LogP contribution in [0.25, 0.3) is 0 Å². The zero-order valence-corrected chi connectivity index (χ0v) is 15.7. The topological polar surface area (TPSA) is 106 Å². The standard InChI is InChI=1S/C17H21N5O4S/c1-21-10-16(19-11-21)27(24,25)22-9-12(7-15-14(22)4-6-26-15)17(23)20-13-3-2-5-18-8-13/h2-3,5,8,10-12,14-15H,4,6-7,9H2,1H3,(H,20,23)/t12-,14+,15+/m0/s1. The summed E-state index contributed by atoms with van der Waals surface area (Å²) >= 11 is 0. The minimum Gasteiger partial charge on any atom is -0.376 e. The molecule has 3 atom stereocenters. The Balaban J connectivity index is 1.58. The number of nitrogens with one attached hydrogen (secondary N) is 1. The molecular weight excluding hydrogens is 370 g/mol. The summed E-state index contributed by atoms with van der Waals surface area (Å²) in [5.74, 6) is -0.749. The second kappa shape index (κ2) is 7.02. The van der Waals surface area contributed by atoms with E-state index < -0.39 is 15.9 Å². The number of carbonyl (C=O) groups excluding carboxylic acids is 1. The highest BCUT2D eigenvalue weighted by atomic mass is 32.2. The van der Waals surface area contributed by atoms with Crippen molar-refractivity contribution in [3.05, 3.63) is 37.1 Å². The van der Waals surface area contributed by atoms with Gasteiger partial charge in [-0.05, 0) is 25.0 Å². The van der Waals surface area contributed by atoms with E-state index in [-0.39, 0.29) is 29.6 Å². The minimum atomic E-state index is -3.81. The van der Waals surface area contributed by atoms with Gasteiger partial charge in [-0.25, -0.2) is 13.4 Å². The molecular formula is C17H21N5O4S. The number of pyridine rings is 1. The molecule has 9 nitrogen and oxygen atoms in total. The van der Waals surface area contributed by atoms with Gasteiger partial charge in [0.05, 0.1) is 36.3 Å². The van der Waals surface area contributed by atoms with Crippen LogP contribution < -0.4 is 5.32 Å². The van der Waals surface area contributed by atoms with Crippen molar-refractivity contribution >= 4 is 21.6 Å². The molecule has 27 heavy (non-hydrogen) atoms. The van der Waals surface area contributed by atoms with Crippen LogP contribution in [0.4, 0.5) is 5.69 Å². The first-order valence-corrected chi connectivity index (χ1v) is 10.2. The molecule has 2 aromatic rings. The number of carbonyl (C=O) groups is 1. The first-order chi connectivity index (χ1) is 12.9. The first kappa shape index (κ1) is 18.1. The number of hydrogen-bond donors (Lipinski definition) is 1. The van der Waals surface area contributed by atoms with Crippen LogP contribution >= 0.6 is 0 Å². The van der Waals surface area contributed by atoms with Gasteiger partial charge in [0.2, 0.25) is 5.91 Å². The molecule has 1 amide bonds. The Morgan fingerprint density at radius 3 is 2.96 bits per heavy atom. The van der Waals surface area contributed by atoms with Crippen LogP contribution in [0.2, 0.25) is 0 Å². The van der Waals surface area contributed by atoms with E-state index in [0.717, 1.165) is 0 Å². The Kier molecular flexibility index (Phi) is 4.70. The number of piperidine rings is 1. The molecule has 0 aliphatic carbocycles. The third-order valence-electron chi connectivity index (χ3n) is 5.02. The van der Waals surface area contributed by atoms with Crippen molar-refractivity contribution in [2.24, 2.45) is 13.0 Å². The molecule has 2 saturated heterocycles. The Morgan fingerprint density at radius 2 is 2.26 bits per heavy atom. The Morgan fingerprint density at radius 1 is 1.41 bits per heavy atom. The number of hydrogen-bond acceptors (Lipinski definition) is 6. The maximum Gasteiger partial charge on any atom is 0.262 e. The van der Waals surface area contributed by atoms with E-state index in [1.807, 2.05) is 0 Å². The minimum absolute atomic E-state index is 0.0102. The summed E-state index contributed by atoms with van der Waals surface area (Å²) < 4.78 is 35.0. The summed E-state index contributed by atoms with van der Waals surface area (Å²) in [7, 11) is -2.09. The van der Waals surface area contributed by atoms with Crippen molar-refractivity contribution in [3.63, 3.8) is 0 Å². The zero-order chi connectivity index (χ0) is 19.0. The molecule has 0 radical (unpaired) electrons. The number of fused-ring (bicyclic) bond motifs is 1. The van der Waals surface area contributed by atoms with E-state index in [4.69, 9.17) is 4.74 Å². The lowest BCUT2D eigenvalue weighted by atomic mass is 9.91. The molecule has 2 aliphatic rings. The molecule has 4 heterocycles. The summed E-state index contributed by atoms with van der Waals surface area (Å²) in [4.78, 5) is 20.7. The molecule has 0 saturated carbocycles. The number of imidazole rings is 1. The van der Waals surface area contributed by atoms with Gasteiger partial charge in [-0.3, -0.25) is 9.78 Å². The maximum atomic E-state index is 13.1. The summed E-state index contributed by atoms with van der Waals surface area (Å²) in [6.45, 7) is 0.593. The molecule has 0 aromatic carbocycles. The number of rotatable bonds is 4. The maximum absolute atomic E-state index is 13.1. The first-order valence-electron chi connectivity index (χ1n) is 8.77. The van der Waals surface area contributed by atoms with Crippen molar-refractivity contribution in [2.45, 2.75) is 30.0 Å². The van der Waals surface area contributed by atoms with Crippen molar-refractivity contribution in [1.82, 2.24) is 18.8 Å². The van der Waals surface area contributed by atoms with Gasteiger partial charge in [-0.2, -0.15) is 4.31 Å². The van der Waals surface area contributed by atoms with Crippen LogP contribution in [-0.2, 0) is 26.6 Å². The smallest absolute Gasteiger partial charge is 0.262 e. The van der Waals surface area contributed by atoms with Crippen LogP contribution in [0.15, 0.2) is 42.1 Å². The molecule has 4 rings (SSSR count). The summed E-state index contributed by atoms with van der Waals surface area (Å²) in [5.41, 5.74) is 0.580. The average molecular weight is 391 g/mol. The fraction of sp³-hybridized carbons (Fsp3) is 0.471. The lowest BCUT2D eigenvalue weighted by molar-refractivity contribution is -0.122. The molecule has 2 aliphatic heterocycles. The number of ether oxygens (including phenoxy) is 1. The van der Waals surface area contributed by atoms with Gasteiger partial charge in [0.15, 0.2) is 5.03 Å². The van der Waals surface area contributed by atoms with E-state index in [1.54, 1.807) is 36.1 Å². The number of aryl methyl sites for hydroxylation is 1. The van der Waals surface area contributed by atoms with Gasteiger partial charge >= 0.3 is 0 Å². The average Bonchev–Trinajstić information content (AvgIpc) is 3.30. The van der Waals surface area contributed by atoms with Gasteiger partial charge in [0.1, 0.15) is 0 Å². The summed E-state index contributed by atoms with van der Waals surface area (Å²) in [6.07, 6.45) is 6.92. The van der Waals surface area contributed by atoms with Crippen LogP contribution in [0.1, 0.15) is 12.8 Å². The van der Waals surface area contributed by atoms with Gasteiger partial charge in [0.25, 0.3) is 10.0 Å². The fourth-order valence-electron chi connectivity index (χ4n) is 3.69. The van der Waals surface area contributed by atoms with Gasteiger partial charge < -0.3 is 14.6 Å². The highest BCUT2D eigenvalue weighted by molar-refractivity contribution is 7.89. The molecule has 10 heteroatoms. The predicted octanol–water partition coefficient (Wildman–Crippen LogP) is 0.622. The number of aromatic nitrogens is 3. The van der Waals surface area contributed by atoms with Crippen LogP contribution in [0.5, 0.6) is 0 Å². The molecule has 0 spiro atoms. The SMILES string of the molecule is Cn1cnc(S(=O)(=O)N2C[C@@H](C(=O)Nc3cccnc3)C[C@H]3OCC[C@H]32)c1. The fourth-order valence-corrected chi connectivity index (χ4v) is 5.38. The van der Waals surface area contributed by atoms with Crippen LogP contribution in [-0.4, -0.2) is 58.5 Å². The molecule has 0 unspecified atom stereocenters. The number of nitrogens with zero attached hydrogens (tertiary/aromatic N) is 4. The van der Waals surface area contributed by atoms with Gasteiger partial charge in [-0.1, -0.05) is 0 Å². The van der Waals surface area contributed by atoms with Crippen molar-refractivity contribution < 1.29 is 17.9 Å². The molecule has 0 bridgehead atoms. The largest absolute Gasteiger partial charge is 0.376 e. The zero-order valence-electron chi connectivity index (χ0n) is 14.9. The molecule has 2 fully saturated rings. The Hall–Kier alpha value is -2.30. The lowest BCUT2D eigenvalue weighted by Gasteiger charge is -2.38. The van der Waals surface area contributed by atoms with E-state index in [9.17, 15) is 13.2 Å². The third kappa shape index (κ3) is 3.47. The van der Waals surface area contributed by atoms with E-state index in [0.29, 0.717) is 25.1 Å². The Bertz CT molecular complexity index is 930. The highest BCUT2D eigenvalue weighted by Crippen LogP contribution is 2.35. The summed E-state index contributed by atoms with van der Waals surface area (Å²) in [6, 6.07) is 3.20. The number of anilines is 1. The quantitative estimate of drug-likeness (QED) is 0.819. The second-order valence-electron chi connectivity index (χ2n) is 6.88. The van der Waals surface area contributed by atoms with E-state index in [2.05, 4.69) is 15.3 Å². The highest BCUT2D eigenvalue weighted by Gasteiger charge is 2.47. The second-order valence-corrected chi connectivity index (χ2v) is 8.72. The Labute approximate surface area is 157 Å². The number of sulfonamides is 1. The van der Waals surface area contributed by atoms with Gasteiger partial charge in [-0.15, -0.1) is 0 Å². The molecule has 144 valence electrons. The van der Waals surface area contributed by atoms with Crippen molar-refractivity contribution in [3.8, 4) is 0 Å². The number of amides is 1. The molecule has 2 aromatic heterocycles. The normalized spacial score (nSPS) is 25.9. The van der Waals surface area contributed by atoms with E-state index in [1.165, 1.54) is 16.8 Å². The van der Waals surface area contributed by atoms with Crippen LogP contribution in [0.3, 0.4) is 0 Å².